The van der Waals surface area contributed by atoms with Crippen molar-refractivity contribution >= 4 is 18.0 Å². The van der Waals surface area contributed by atoms with Crippen LogP contribution in [0.5, 0.6) is 0 Å². The van der Waals surface area contributed by atoms with Gasteiger partial charge in [-0.25, -0.2) is 0 Å². The second-order valence-electron chi connectivity index (χ2n) is 1.96. The first-order valence-electron chi connectivity index (χ1n) is 3.51. The highest BCUT2D eigenvalue weighted by molar-refractivity contribution is 8.03. The van der Waals surface area contributed by atoms with Crippen molar-refractivity contribution < 1.29 is 0 Å². The minimum Gasteiger partial charge on any atom is -0.265 e. The van der Waals surface area contributed by atoms with Gasteiger partial charge in [-0.15, -0.1) is 11.8 Å². The molecule has 0 fully saturated rings. The third kappa shape index (κ3) is 3.72. The van der Waals surface area contributed by atoms with Gasteiger partial charge in [-0.3, -0.25) is 4.99 Å². The summed E-state index contributed by atoms with van der Waals surface area (Å²) in [5.41, 5.74) is 1.13. The Bertz CT molecular complexity index is 147. The van der Waals surface area contributed by atoms with Crippen molar-refractivity contribution in [3.8, 4) is 0 Å². The molecule has 0 saturated heterocycles. The third-order valence-electron chi connectivity index (χ3n) is 1.19. The summed E-state index contributed by atoms with van der Waals surface area (Å²) < 4.78 is 0. The summed E-state index contributed by atoms with van der Waals surface area (Å²) in [6.07, 6.45) is 1.83. The fourth-order valence-electron chi connectivity index (χ4n) is 0.606. The lowest BCUT2D eigenvalue weighted by Gasteiger charge is -1.99. The second-order valence-corrected chi connectivity index (χ2v) is 3.44. The molecule has 58 valence electrons. The average molecular weight is 157 g/mol. The van der Waals surface area contributed by atoms with E-state index in [4.69, 9.17) is 0 Å². The van der Waals surface area contributed by atoms with Crippen LogP contribution >= 0.6 is 11.8 Å². The first-order valence-corrected chi connectivity index (χ1v) is 4.49. The number of rotatable bonds is 3. The molecule has 0 aromatic carbocycles. The quantitative estimate of drug-likeness (QED) is 0.573. The van der Waals surface area contributed by atoms with Crippen molar-refractivity contribution in [2.45, 2.75) is 27.7 Å². The Morgan fingerprint density at radius 1 is 1.50 bits per heavy atom. The maximum atomic E-state index is 4.18. The van der Waals surface area contributed by atoms with Gasteiger partial charge < -0.3 is 0 Å². The zero-order valence-electron chi connectivity index (χ0n) is 7.14. The molecule has 0 aliphatic rings. The first-order chi connectivity index (χ1) is 4.72. The molecule has 0 radical (unpaired) electrons. The lowest BCUT2D eigenvalue weighted by Crippen LogP contribution is -1.77. The van der Waals surface area contributed by atoms with Crippen molar-refractivity contribution in [1.29, 1.82) is 0 Å². The van der Waals surface area contributed by atoms with E-state index >= 15 is 0 Å². The average Bonchev–Trinajstić information content (AvgIpc) is 1.89. The van der Waals surface area contributed by atoms with E-state index in [1.165, 1.54) is 4.91 Å². The Morgan fingerprint density at radius 3 is 2.50 bits per heavy atom. The molecule has 0 aliphatic carbocycles. The maximum Gasteiger partial charge on any atom is 0.0460 e. The molecule has 0 atom stereocenters. The molecule has 1 nitrogen and oxygen atoms in total. The molecule has 0 unspecified atom stereocenters. The minimum absolute atomic E-state index is 1.13. The van der Waals surface area contributed by atoms with Gasteiger partial charge in [0, 0.05) is 16.8 Å². The normalized spacial score (nSPS) is 14.0. The van der Waals surface area contributed by atoms with E-state index in [1.54, 1.807) is 0 Å². The van der Waals surface area contributed by atoms with Crippen LogP contribution in [0.2, 0.25) is 0 Å². The fraction of sp³-hybridized carbons (Fsp3) is 0.625. The summed E-state index contributed by atoms with van der Waals surface area (Å²) in [4.78, 5) is 5.50. The summed E-state index contributed by atoms with van der Waals surface area (Å²) in [5.74, 6) is 1.13. The van der Waals surface area contributed by atoms with E-state index in [2.05, 4.69) is 18.8 Å². The minimum atomic E-state index is 1.13. The van der Waals surface area contributed by atoms with E-state index < -0.39 is 0 Å². The van der Waals surface area contributed by atoms with Gasteiger partial charge >= 0.3 is 0 Å². The van der Waals surface area contributed by atoms with Crippen LogP contribution in [0.15, 0.2) is 15.6 Å². The molecule has 2 heteroatoms. The molecular weight excluding hydrogens is 142 g/mol. The molecule has 0 spiro atoms. The van der Waals surface area contributed by atoms with Crippen molar-refractivity contribution in [3.63, 3.8) is 0 Å². The number of aliphatic imine (C=N–C) groups is 1. The van der Waals surface area contributed by atoms with E-state index in [1.807, 2.05) is 31.8 Å². The van der Waals surface area contributed by atoms with Crippen LogP contribution in [0.25, 0.3) is 0 Å². The Morgan fingerprint density at radius 2 is 2.10 bits per heavy atom. The van der Waals surface area contributed by atoms with Crippen LogP contribution in [0, 0.1) is 0 Å². The molecule has 0 aromatic rings. The largest absolute Gasteiger partial charge is 0.265 e. The number of allylic oxidation sites excluding steroid dienone is 2. The Balaban J connectivity index is 4.04. The number of nitrogens with zero attached hydrogens (tertiary/aromatic N) is 1. The van der Waals surface area contributed by atoms with Gasteiger partial charge in [-0.05, 0) is 26.5 Å². The molecule has 0 heterocycles. The van der Waals surface area contributed by atoms with Gasteiger partial charge in [0.25, 0.3) is 0 Å². The van der Waals surface area contributed by atoms with Crippen molar-refractivity contribution in [2.75, 3.05) is 5.75 Å². The zero-order chi connectivity index (χ0) is 7.98. The van der Waals surface area contributed by atoms with E-state index in [0.717, 1.165) is 11.4 Å². The first kappa shape index (κ1) is 9.76. The van der Waals surface area contributed by atoms with Crippen molar-refractivity contribution in [1.82, 2.24) is 0 Å². The molecule has 0 saturated carbocycles. The lowest BCUT2D eigenvalue weighted by molar-refractivity contribution is 1.27. The van der Waals surface area contributed by atoms with Crippen LogP contribution in [-0.2, 0) is 0 Å². The van der Waals surface area contributed by atoms with Gasteiger partial charge in [0.2, 0.25) is 0 Å². The SMILES string of the molecule is CC=N/C(C)=C(/C)SCC. The second kappa shape index (κ2) is 5.54. The Labute approximate surface area is 67.6 Å². The summed E-state index contributed by atoms with van der Waals surface area (Å²) in [6.45, 7) is 8.24. The Hall–Kier alpha value is -0.240. The standard InChI is InChI=1S/C8H15NS/c1-5-9-7(3)8(4)10-6-2/h5H,6H2,1-4H3/b8-7-,9-5?. The topological polar surface area (TPSA) is 12.4 Å². The maximum absolute atomic E-state index is 4.18. The highest BCUT2D eigenvalue weighted by atomic mass is 32.2. The van der Waals surface area contributed by atoms with Crippen LogP contribution in [0.4, 0.5) is 0 Å². The highest BCUT2D eigenvalue weighted by Gasteiger charge is 1.91. The molecule has 0 aliphatic heterocycles. The van der Waals surface area contributed by atoms with Crippen LogP contribution in [-0.4, -0.2) is 12.0 Å². The summed E-state index contributed by atoms with van der Waals surface area (Å²) >= 11 is 1.85. The van der Waals surface area contributed by atoms with Gasteiger partial charge in [0.15, 0.2) is 0 Å². The highest BCUT2D eigenvalue weighted by Crippen LogP contribution is 2.18. The van der Waals surface area contributed by atoms with Gasteiger partial charge in [0.05, 0.1) is 0 Å². The molecule has 0 amide bonds. The van der Waals surface area contributed by atoms with Crippen LogP contribution in [0.3, 0.4) is 0 Å². The molecule has 0 aromatic heterocycles. The monoisotopic (exact) mass is 157 g/mol. The molecule has 0 N–H and O–H groups in total. The smallest absolute Gasteiger partial charge is 0.0460 e. The number of hydrogen-bond donors (Lipinski definition) is 0. The summed E-state index contributed by atoms with van der Waals surface area (Å²) in [7, 11) is 0. The van der Waals surface area contributed by atoms with E-state index in [9.17, 15) is 0 Å². The van der Waals surface area contributed by atoms with Crippen molar-refractivity contribution in [2.24, 2.45) is 4.99 Å². The molecule has 10 heavy (non-hydrogen) atoms. The predicted molar refractivity (Wildman–Crippen MR) is 50.7 cm³/mol. The van der Waals surface area contributed by atoms with Gasteiger partial charge in [-0.2, -0.15) is 0 Å². The van der Waals surface area contributed by atoms with Crippen molar-refractivity contribution in [3.05, 3.63) is 10.6 Å². The predicted octanol–water partition coefficient (Wildman–Crippen LogP) is 3.08. The van der Waals surface area contributed by atoms with E-state index in [0.29, 0.717) is 0 Å². The van der Waals surface area contributed by atoms with Crippen LogP contribution in [0.1, 0.15) is 27.7 Å². The number of thioether (sulfide) groups is 1. The Kier molecular flexibility index (Phi) is 5.40. The number of hydrogen-bond acceptors (Lipinski definition) is 2. The van der Waals surface area contributed by atoms with E-state index in [-0.39, 0.29) is 0 Å². The van der Waals surface area contributed by atoms with Gasteiger partial charge in [0.1, 0.15) is 0 Å². The summed E-state index contributed by atoms with van der Waals surface area (Å²) in [6, 6.07) is 0. The van der Waals surface area contributed by atoms with Crippen LogP contribution < -0.4 is 0 Å². The third-order valence-corrected chi connectivity index (χ3v) is 2.21. The zero-order valence-corrected chi connectivity index (χ0v) is 7.96. The molecule has 0 bridgehead atoms. The summed E-state index contributed by atoms with van der Waals surface area (Å²) in [5, 5.41) is 0. The lowest BCUT2D eigenvalue weighted by atomic mass is 10.5. The molecular formula is C8H15NS. The fourth-order valence-corrected chi connectivity index (χ4v) is 1.30. The molecule has 0 rings (SSSR count). The van der Waals surface area contributed by atoms with Gasteiger partial charge in [-0.1, -0.05) is 6.92 Å².